The van der Waals surface area contributed by atoms with Gasteiger partial charge in [-0.3, -0.25) is 0 Å². The molecule has 0 aliphatic rings. The van der Waals surface area contributed by atoms with Gasteiger partial charge < -0.3 is 5.11 Å². The molecule has 4 heteroatoms. The molecular formula is C14H14FNO2. The van der Waals surface area contributed by atoms with Gasteiger partial charge in [-0.05, 0) is 36.4 Å². The number of rotatable bonds is 2. The number of hydrogen-bond donors (Lipinski definition) is 1. The van der Waals surface area contributed by atoms with Crippen molar-refractivity contribution >= 4 is 5.97 Å². The Kier molecular flexibility index (Phi) is 4.99. The van der Waals surface area contributed by atoms with E-state index in [0.29, 0.717) is 11.3 Å². The van der Waals surface area contributed by atoms with E-state index < -0.39 is 5.97 Å². The van der Waals surface area contributed by atoms with Crippen LogP contribution < -0.4 is 0 Å². The minimum absolute atomic E-state index is 0.0261. The molecule has 3 nitrogen and oxygen atoms in total. The first kappa shape index (κ1) is 13.8. The van der Waals surface area contributed by atoms with E-state index in [9.17, 15) is 9.18 Å². The maximum Gasteiger partial charge on any atom is 0.354 e. The number of hydrogen-bond acceptors (Lipinski definition) is 2. The van der Waals surface area contributed by atoms with Crippen molar-refractivity contribution in [3.8, 4) is 11.3 Å². The van der Waals surface area contributed by atoms with Crippen molar-refractivity contribution in [2.24, 2.45) is 0 Å². The highest BCUT2D eigenvalue weighted by Gasteiger charge is 2.06. The third kappa shape index (κ3) is 3.38. The summed E-state index contributed by atoms with van der Waals surface area (Å²) in [7, 11) is 0. The van der Waals surface area contributed by atoms with Gasteiger partial charge in [-0.15, -0.1) is 0 Å². The normalized spacial score (nSPS) is 9.28. The summed E-state index contributed by atoms with van der Waals surface area (Å²) >= 11 is 0. The van der Waals surface area contributed by atoms with Gasteiger partial charge in [0.25, 0.3) is 0 Å². The van der Waals surface area contributed by atoms with Gasteiger partial charge in [0.1, 0.15) is 11.5 Å². The first-order valence-electron chi connectivity index (χ1n) is 5.63. The van der Waals surface area contributed by atoms with Crippen molar-refractivity contribution in [3.63, 3.8) is 0 Å². The van der Waals surface area contributed by atoms with E-state index >= 15 is 0 Å². The van der Waals surface area contributed by atoms with E-state index in [4.69, 9.17) is 5.11 Å². The molecule has 1 aromatic heterocycles. The number of halogens is 1. The summed E-state index contributed by atoms with van der Waals surface area (Å²) in [6.07, 6.45) is 0. The Morgan fingerprint density at radius 3 is 2.28 bits per heavy atom. The first-order valence-corrected chi connectivity index (χ1v) is 5.63. The zero-order valence-electron chi connectivity index (χ0n) is 10.2. The van der Waals surface area contributed by atoms with Gasteiger partial charge >= 0.3 is 5.97 Å². The minimum atomic E-state index is -1.08. The summed E-state index contributed by atoms with van der Waals surface area (Å²) < 4.78 is 12.7. The third-order valence-electron chi connectivity index (χ3n) is 2.11. The van der Waals surface area contributed by atoms with Crippen LogP contribution in [0.3, 0.4) is 0 Å². The quantitative estimate of drug-likeness (QED) is 0.881. The summed E-state index contributed by atoms with van der Waals surface area (Å²) in [5.41, 5.74) is 1.17. The van der Waals surface area contributed by atoms with Crippen LogP contribution in [-0.2, 0) is 0 Å². The van der Waals surface area contributed by atoms with Crippen LogP contribution in [0.2, 0.25) is 0 Å². The van der Waals surface area contributed by atoms with Crippen LogP contribution in [0.1, 0.15) is 24.3 Å². The summed E-state index contributed by atoms with van der Waals surface area (Å²) in [6.45, 7) is 4.00. The number of pyridine rings is 1. The Morgan fingerprint density at radius 2 is 1.72 bits per heavy atom. The Bertz CT molecular complexity index is 524. The zero-order chi connectivity index (χ0) is 13.5. The van der Waals surface area contributed by atoms with Gasteiger partial charge in [-0.2, -0.15) is 0 Å². The average molecular weight is 247 g/mol. The standard InChI is InChI=1S/C12H8FNO2.C2H6/c13-9-6-4-8(5-7-9)10-2-1-3-11(14-10)12(15)16;1-2/h1-7H,(H,15,16);1-2H3. The lowest BCUT2D eigenvalue weighted by atomic mass is 10.1. The van der Waals surface area contributed by atoms with Crippen LogP contribution in [0.4, 0.5) is 4.39 Å². The molecule has 0 saturated heterocycles. The Morgan fingerprint density at radius 1 is 1.11 bits per heavy atom. The predicted octanol–water partition coefficient (Wildman–Crippen LogP) is 3.61. The van der Waals surface area contributed by atoms with Gasteiger partial charge in [-0.25, -0.2) is 14.2 Å². The van der Waals surface area contributed by atoms with Crippen molar-refractivity contribution < 1.29 is 14.3 Å². The average Bonchev–Trinajstić information content (AvgIpc) is 2.42. The molecule has 0 unspecified atom stereocenters. The lowest BCUT2D eigenvalue weighted by Gasteiger charge is -2.01. The zero-order valence-corrected chi connectivity index (χ0v) is 10.2. The second-order valence-electron chi connectivity index (χ2n) is 3.22. The van der Waals surface area contributed by atoms with Gasteiger partial charge in [0.15, 0.2) is 0 Å². The van der Waals surface area contributed by atoms with Crippen molar-refractivity contribution in [2.45, 2.75) is 13.8 Å². The molecule has 0 saturated carbocycles. The first-order chi connectivity index (χ1) is 8.66. The molecule has 1 N–H and O–H groups in total. The fourth-order valence-electron chi connectivity index (χ4n) is 1.34. The van der Waals surface area contributed by atoms with Crippen LogP contribution >= 0.6 is 0 Å². The van der Waals surface area contributed by atoms with Crippen LogP contribution in [0.15, 0.2) is 42.5 Å². The number of nitrogens with zero attached hydrogens (tertiary/aromatic N) is 1. The monoisotopic (exact) mass is 247 g/mol. The van der Waals surface area contributed by atoms with E-state index in [2.05, 4.69) is 4.98 Å². The fraction of sp³-hybridized carbons (Fsp3) is 0.143. The molecule has 0 aliphatic heterocycles. The highest BCUT2D eigenvalue weighted by molar-refractivity contribution is 5.86. The molecule has 2 rings (SSSR count). The second-order valence-corrected chi connectivity index (χ2v) is 3.22. The van der Waals surface area contributed by atoms with Crippen LogP contribution in [0.5, 0.6) is 0 Å². The molecule has 2 aromatic rings. The molecule has 1 heterocycles. The third-order valence-corrected chi connectivity index (χ3v) is 2.11. The Balaban J connectivity index is 0.000000771. The highest BCUT2D eigenvalue weighted by atomic mass is 19.1. The lowest BCUT2D eigenvalue weighted by molar-refractivity contribution is 0.0690. The maximum absolute atomic E-state index is 12.7. The van der Waals surface area contributed by atoms with E-state index in [0.717, 1.165) is 0 Å². The summed E-state index contributed by atoms with van der Waals surface area (Å²) in [6, 6.07) is 10.4. The van der Waals surface area contributed by atoms with Gasteiger partial charge in [0, 0.05) is 5.56 Å². The number of carboxylic acid groups (broad SMARTS) is 1. The molecule has 18 heavy (non-hydrogen) atoms. The molecule has 0 spiro atoms. The fourth-order valence-corrected chi connectivity index (χ4v) is 1.34. The highest BCUT2D eigenvalue weighted by Crippen LogP contribution is 2.17. The smallest absolute Gasteiger partial charge is 0.354 e. The van der Waals surface area contributed by atoms with Crippen LogP contribution in [0.25, 0.3) is 11.3 Å². The topological polar surface area (TPSA) is 50.2 Å². The number of carbonyl (C=O) groups is 1. The van der Waals surface area contributed by atoms with Gasteiger partial charge in [-0.1, -0.05) is 19.9 Å². The molecule has 0 atom stereocenters. The van der Waals surface area contributed by atoms with E-state index in [-0.39, 0.29) is 11.5 Å². The lowest BCUT2D eigenvalue weighted by Crippen LogP contribution is -2.00. The Labute approximate surface area is 105 Å². The second kappa shape index (κ2) is 6.49. The Hall–Kier alpha value is -2.23. The molecule has 0 fully saturated rings. The minimum Gasteiger partial charge on any atom is -0.477 e. The van der Waals surface area contributed by atoms with E-state index in [1.54, 1.807) is 24.3 Å². The molecule has 0 amide bonds. The number of carboxylic acids is 1. The number of benzene rings is 1. The molecular weight excluding hydrogens is 233 g/mol. The maximum atomic E-state index is 12.7. The van der Waals surface area contributed by atoms with Crippen LogP contribution in [0, 0.1) is 5.82 Å². The SMILES string of the molecule is CC.O=C(O)c1cccc(-c2ccc(F)cc2)n1. The summed E-state index contributed by atoms with van der Waals surface area (Å²) in [5.74, 6) is -1.41. The van der Waals surface area contributed by atoms with Crippen molar-refractivity contribution in [1.29, 1.82) is 0 Å². The number of aromatic carboxylic acids is 1. The van der Waals surface area contributed by atoms with Crippen molar-refractivity contribution in [3.05, 3.63) is 54.0 Å². The van der Waals surface area contributed by atoms with Gasteiger partial charge in [0.2, 0.25) is 0 Å². The van der Waals surface area contributed by atoms with Gasteiger partial charge in [0.05, 0.1) is 5.69 Å². The number of aromatic nitrogens is 1. The predicted molar refractivity (Wildman–Crippen MR) is 67.9 cm³/mol. The largest absolute Gasteiger partial charge is 0.477 e. The van der Waals surface area contributed by atoms with E-state index in [1.807, 2.05) is 13.8 Å². The summed E-state index contributed by atoms with van der Waals surface area (Å²) in [4.78, 5) is 14.7. The molecule has 94 valence electrons. The summed E-state index contributed by atoms with van der Waals surface area (Å²) in [5, 5.41) is 8.78. The molecule has 0 radical (unpaired) electrons. The van der Waals surface area contributed by atoms with Crippen molar-refractivity contribution in [2.75, 3.05) is 0 Å². The van der Waals surface area contributed by atoms with Crippen LogP contribution in [-0.4, -0.2) is 16.1 Å². The van der Waals surface area contributed by atoms with Crippen molar-refractivity contribution in [1.82, 2.24) is 4.98 Å². The molecule has 1 aromatic carbocycles. The molecule has 0 bridgehead atoms. The molecule has 0 aliphatic carbocycles. The van der Waals surface area contributed by atoms with E-state index in [1.165, 1.54) is 18.2 Å².